The van der Waals surface area contributed by atoms with Gasteiger partial charge in [-0.2, -0.15) is 0 Å². The summed E-state index contributed by atoms with van der Waals surface area (Å²) in [5.74, 6) is -2.02. The molecule has 79 heavy (non-hydrogen) atoms. The molecule has 0 spiro atoms. The molecule has 9 nitrogen and oxygen atoms in total. The van der Waals surface area contributed by atoms with Crippen LogP contribution in [0.2, 0.25) is 0 Å². The van der Waals surface area contributed by atoms with Gasteiger partial charge in [-0.25, -0.2) is 4.79 Å². The van der Waals surface area contributed by atoms with Crippen LogP contribution in [0.15, 0.2) is 109 Å². The highest BCUT2D eigenvalue weighted by Crippen LogP contribution is 2.16. The second-order valence-corrected chi connectivity index (χ2v) is 22.3. The van der Waals surface area contributed by atoms with Crippen molar-refractivity contribution >= 4 is 17.9 Å². The van der Waals surface area contributed by atoms with E-state index in [1.807, 2.05) is 21.1 Å². The average molecular weight is 1100 g/mol. The molecule has 0 saturated heterocycles. The summed E-state index contributed by atoms with van der Waals surface area (Å²) in [4.78, 5) is 37.5. The lowest BCUT2D eigenvalue weighted by atomic mass is 10.0. The molecule has 1 N–H and O–H groups in total. The number of hydrogen-bond donors (Lipinski definition) is 1. The number of ether oxygens (including phenoxy) is 4. The Hall–Kier alpha value is -4.05. The van der Waals surface area contributed by atoms with Crippen LogP contribution in [0.4, 0.5) is 0 Å². The molecule has 0 aliphatic rings. The van der Waals surface area contributed by atoms with Crippen molar-refractivity contribution in [1.82, 2.24) is 0 Å². The first-order valence-electron chi connectivity index (χ1n) is 32.1. The number of carboxylic acid groups (broad SMARTS) is 1. The predicted molar refractivity (Wildman–Crippen MR) is 336 cm³/mol. The van der Waals surface area contributed by atoms with Gasteiger partial charge in [0.2, 0.25) is 0 Å². The second kappa shape index (κ2) is 60.1. The summed E-state index contributed by atoms with van der Waals surface area (Å²) in [6.07, 6.45) is 80.3. The summed E-state index contributed by atoms with van der Waals surface area (Å²) in [6.45, 7) is 4.74. The Bertz CT molecular complexity index is 1660. The van der Waals surface area contributed by atoms with Crippen LogP contribution in [0.3, 0.4) is 0 Å². The van der Waals surface area contributed by atoms with Crippen LogP contribution >= 0.6 is 0 Å². The van der Waals surface area contributed by atoms with Crippen LogP contribution in [-0.4, -0.2) is 87.4 Å². The van der Waals surface area contributed by atoms with Crippen molar-refractivity contribution < 1.29 is 42.9 Å². The quantitative estimate of drug-likeness (QED) is 0.0211. The minimum absolute atomic E-state index is 0.181. The summed E-state index contributed by atoms with van der Waals surface area (Å²) in [6, 6.07) is 0. The van der Waals surface area contributed by atoms with E-state index < -0.39 is 24.3 Å². The molecule has 0 aliphatic carbocycles. The SMILES string of the molecule is CC/C=C\C/C=C\C/C=C\C/C=C\C/C=C\C/C=C\CCCCCCCCCCCCCCCCC(=O)OC(COC(=O)CCCCCCCC/C=C\C/C=C\C/C=C\CCCCCCC)COC(OCC[N+](C)(C)C)C(=O)O. The maximum absolute atomic E-state index is 12.9. The predicted octanol–water partition coefficient (Wildman–Crippen LogP) is 19.5. The molecular weight excluding hydrogens is 983 g/mol. The molecular formula is C70H120NO8+. The van der Waals surface area contributed by atoms with E-state index >= 15 is 0 Å². The van der Waals surface area contributed by atoms with E-state index in [1.165, 1.54) is 122 Å². The smallest absolute Gasteiger partial charge is 0.361 e. The van der Waals surface area contributed by atoms with Crippen LogP contribution < -0.4 is 0 Å². The van der Waals surface area contributed by atoms with E-state index in [1.54, 1.807) is 0 Å². The van der Waals surface area contributed by atoms with Gasteiger partial charge in [-0.1, -0.05) is 252 Å². The lowest BCUT2D eigenvalue weighted by molar-refractivity contribution is -0.870. The minimum Gasteiger partial charge on any atom is -0.477 e. The van der Waals surface area contributed by atoms with E-state index in [4.69, 9.17) is 18.9 Å². The molecule has 2 atom stereocenters. The van der Waals surface area contributed by atoms with E-state index in [2.05, 4.69) is 123 Å². The molecule has 2 unspecified atom stereocenters. The zero-order valence-electron chi connectivity index (χ0n) is 51.5. The molecule has 0 saturated carbocycles. The van der Waals surface area contributed by atoms with Crippen molar-refractivity contribution in [2.45, 2.75) is 270 Å². The van der Waals surface area contributed by atoms with Crippen LogP contribution in [0.25, 0.3) is 0 Å². The number of allylic oxidation sites excluding steroid dienone is 18. The first kappa shape index (κ1) is 75.0. The zero-order valence-corrected chi connectivity index (χ0v) is 51.5. The molecule has 9 heteroatoms. The highest BCUT2D eigenvalue weighted by molar-refractivity contribution is 5.71. The molecule has 0 aliphatic heterocycles. The number of esters is 2. The highest BCUT2D eigenvalue weighted by atomic mass is 16.7. The number of unbranched alkanes of at least 4 members (excludes halogenated alkanes) is 25. The van der Waals surface area contributed by atoms with Gasteiger partial charge in [-0.15, -0.1) is 0 Å². The fourth-order valence-corrected chi connectivity index (χ4v) is 8.61. The number of hydrogen-bond acceptors (Lipinski definition) is 7. The molecule has 0 heterocycles. The topological polar surface area (TPSA) is 108 Å². The molecule has 0 fully saturated rings. The zero-order chi connectivity index (χ0) is 57.6. The van der Waals surface area contributed by atoms with Crippen LogP contribution in [0.5, 0.6) is 0 Å². The average Bonchev–Trinajstić information content (AvgIpc) is 3.42. The number of aliphatic carboxylic acids is 1. The van der Waals surface area contributed by atoms with Gasteiger partial charge in [-0.05, 0) is 103 Å². The van der Waals surface area contributed by atoms with Crippen molar-refractivity contribution in [2.75, 3.05) is 47.5 Å². The fraction of sp³-hybridized carbons (Fsp3) is 0.700. The molecule has 0 bridgehead atoms. The van der Waals surface area contributed by atoms with Crippen molar-refractivity contribution in [3.8, 4) is 0 Å². The molecule has 452 valence electrons. The molecule has 0 amide bonds. The summed E-state index contributed by atoms with van der Waals surface area (Å²) in [7, 11) is 5.96. The van der Waals surface area contributed by atoms with Gasteiger partial charge in [-0.3, -0.25) is 9.59 Å². The standard InChI is InChI=1S/C70H119NO8/c1-6-8-10-12-14-16-18-20-22-24-26-28-29-30-31-32-33-34-35-36-37-38-39-41-43-45-47-49-51-53-55-57-59-61-68(73)79-66(65-78-70(69(74)75)76-63-62-71(3,4)5)64-77-67(72)60-58-56-54-52-50-48-46-44-42-40-27-25-23-21-19-17-15-13-11-9-7-2/h8,10,14,16,19-22,25-28,30-31,33-34,42,44,66,70H,6-7,9,11-13,15,17-18,23-24,29,32,35-41,43,45-65H2,1-5H3/p+1/b10-8-,16-14-,21-19-,22-20-,27-25-,28-26-,31-30-,34-33-,44-42-. The number of carbonyl (C=O) groups excluding carboxylic acids is 2. The van der Waals surface area contributed by atoms with Gasteiger partial charge in [0.25, 0.3) is 6.29 Å². The number of likely N-dealkylation sites (N-methyl/N-ethyl adjacent to an activating group) is 1. The van der Waals surface area contributed by atoms with Crippen molar-refractivity contribution in [1.29, 1.82) is 0 Å². The third kappa shape index (κ3) is 61.4. The lowest BCUT2D eigenvalue weighted by Crippen LogP contribution is -2.40. The summed E-state index contributed by atoms with van der Waals surface area (Å²) < 4.78 is 22.9. The number of carboxylic acids is 1. The third-order valence-electron chi connectivity index (χ3n) is 13.5. The lowest BCUT2D eigenvalue weighted by Gasteiger charge is -2.25. The Labute approximate surface area is 485 Å². The largest absolute Gasteiger partial charge is 0.477 e. The summed E-state index contributed by atoms with van der Waals surface area (Å²) >= 11 is 0. The van der Waals surface area contributed by atoms with E-state index in [-0.39, 0.29) is 38.6 Å². The summed E-state index contributed by atoms with van der Waals surface area (Å²) in [5, 5.41) is 9.72. The Balaban J connectivity index is 4.19. The highest BCUT2D eigenvalue weighted by Gasteiger charge is 2.25. The monoisotopic (exact) mass is 1100 g/mol. The van der Waals surface area contributed by atoms with Gasteiger partial charge in [0.05, 0.1) is 34.4 Å². The fourth-order valence-electron chi connectivity index (χ4n) is 8.61. The molecule has 0 radical (unpaired) electrons. The van der Waals surface area contributed by atoms with Gasteiger partial charge >= 0.3 is 17.9 Å². The molecule has 0 rings (SSSR count). The number of carbonyl (C=O) groups is 3. The number of quaternary nitrogens is 1. The molecule has 0 aromatic carbocycles. The van der Waals surface area contributed by atoms with Gasteiger partial charge in [0.15, 0.2) is 6.10 Å². The van der Waals surface area contributed by atoms with E-state index in [0.29, 0.717) is 17.4 Å². The molecule has 0 aromatic rings. The maximum Gasteiger partial charge on any atom is 0.361 e. The van der Waals surface area contributed by atoms with Gasteiger partial charge in [0.1, 0.15) is 13.2 Å². The van der Waals surface area contributed by atoms with Gasteiger partial charge in [0, 0.05) is 12.8 Å². The first-order valence-corrected chi connectivity index (χ1v) is 32.1. The third-order valence-corrected chi connectivity index (χ3v) is 13.5. The van der Waals surface area contributed by atoms with E-state index in [0.717, 1.165) is 103 Å². The number of rotatable bonds is 58. The Morgan fingerprint density at radius 2 is 0.722 bits per heavy atom. The van der Waals surface area contributed by atoms with Crippen LogP contribution in [-0.2, 0) is 33.3 Å². The van der Waals surface area contributed by atoms with Gasteiger partial charge < -0.3 is 28.5 Å². The van der Waals surface area contributed by atoms with Crippen LogP contribution in [0.1, 0.15) is 258 Å². The van der Waals surface area contributed by atoms with E-state index in [9.17, 15) is 19.5 Å². The second-order valence-electron chi connectivity index (χ2n) is 22.3. The van der Waals surface area contributed by atoms with Crippen molar-refractivity contribution in [2.24, 2.45) is 0 Å². The normalized spacial score (nSPS) is 13.5. The Morgan fingerprint density at radius 3 is 1.08 bits per heavy atom. The van der Waals surface area contributed by atoms with Crippen molar-refractivity contribution in [3.05, 3.63) is 109 Å². The first-order chi connectivity index (χ1) is 38.6. The van der Waals surface area contributed by atoms with Crippen molar-refractivity contribution in [3.63, 3.8) is 0 Å². The summed E-state index contributed by atoms with van der Waals surface area (Å²) in [5.41, 5.74) is 0. The Kier molecular flexibility index (Phi) is 57.0. The maximum atomic E-state index is 12.9. The Morgan fingerprint density at radius 1 is 0.392 bits per heavy atom. The molecule has 0 aromatic heterocycles. The number of nitrogens with zero attached hydrogens (tertiary/aromatic N) is 1. The van der Waals surface area contributed by atoms with Crippen LogP contribution in [0, 0.1) is 0 Å². The minimum atomic E-state index is -1.52.